The predicted molar refractivity (Wildman–Crippen MR) is 99.0 cm³/mol. The molecule has 0 aromatic heterocycles. The van der Waals surface area contributed by atoms with Gasteiger partial charge in [0.2, 0.25) is 0 Å². The topological polar surface area (TPSA) is 96.7 Å². The van der Waals surface area contributed by atoms with Crippen molar-refractivity contribution >= 4 is 11.9 Å². The standard InChI is InChI=1S/C20H20N4O3/c21-13-15-1-3-16(4-2-15)14-22-20(27)24-11-9-23(10-12-24)19(26)17-5-7-18(25)8-6-17/h1-8,25H,9-12,14H2,(H,22,27). The Hall–Kier alpha value is -3.53. The van der Waals surface area contributed by atoms with E-state index in [1.165, 1.54) is 12.1 Å². The highest BCUT2D eigenvalue weighted by atomic mass is 16.3. The Kier molecular flexibility index (Phi) is 5.57. The van der Waals surface area contributed by atoms with Crippen LogP contribution in [0.25, 0.3) is 0 Å². The molecular formula is C20H20N4O3. The number of piperazine rings is 1. The molecule has 138 valence electrons. The molecule has 3 rings (SSSR count). The number of carbonyl (C=O) groups is 2. The monoisotopic (exact) mass is 364 g/mol. The average Bonchev–Trinajstić information content (AvgIpc) is 2.72. The fraction of sp³-hybridized carbons (Fsp3) is 0.250. The molecule has 0 spiro atoms. The maximum Gasteiger partial charge on any atom is 0.317 e. The fourth-order valence-corrected chi connectivity index (χ4v) is 2.89. The first kappa shape index (κ1) is 18.3. The number of urea groups is 1. The number of amides is 3. The van der Waals surface area contributed by atoms with Gasteiger partial charge >= 0.3 is 6.03 Å². The van der Waals surface area contributed by atoms with Crippen molar-refractivity contribution in [1.82, 2.24) is 15.1 Å². The van der Waals surface area contributed by atoms with E-state index in [9.17, 15) is 14.7 Å². The second-order valence-electron chi connectivity index (χ2n) is 6.29. The molecule has 7 heteroatoms. The van der Waals surface area contributed by atoms with Crippen molar-refractivity contribution in [3.05, 3.63) is 65.2 Å². The van der Waals surface area contributed by atoms with E-state index in [4.69, 9.17) is 5.26 Å². The van der Waals surface area contributed by atoms with Crippen LogP contribution >= 0.6 is 0 Å². The summed E-state index contributed by atoms with van der Waals surface area (Å²) in [4.78, 5) is 28.2. The number of hydrogen-bond donors (Lipinski definition) is 2. The van der Waals surface area contributed by atoms with E-state index >= 15 is 0 Å². The van der Waals surface area contributed by atoms with Crippen LogP contribution in [0.15, 0.2) is 48.5 Å². The molecule has 27 heavy (non-hydrogen) atoms. The molecular weight excluding hydrogens is 344 g/mol. The highest BCUT2D eigenvalue weighted by Crippen LogP contribution is 2.13. The molecule has 1 aliphatic heterocycles. The van der Waals surface area contributed by atoms with Crippen LogP contribution in [0.5, 0.6) is 5.75 Å². The van der Waals surface area contributed by atoms with Crippen LogP contribution in [0.3, 0.4) is 0 Å². The number of nitrogens with one attached hydrogen (secondary N) is 1. The number of rotatable bonds is 3. The summed E-state index contributed by atoms with van der Waals surface area (Å²) in [7, 11) is 0. The molecule has 2 aromatic carbocycles. The molecule has 1 aliphatic rings. The number of hydrogen-bond acceptors (Lipinski definition) is 4. The molecule has 0 radical (unpaired) electrons. The summed E-state index contributed by atoms with van der Waals surface area (Å²) in [5.41, 5.74) is 2.02. The largest absolute Gasteiger partial charge is 0.508 e. The first-order chi connectivity index (χ1) is 13.1. The number of aromatic hydroxyl groups is 1. The number of benzene rings is 2. The number of phenols is 1. The summed E-state index contributed by atoms with van der Waals surface area (Å²) in [6.07, 6.45) is 0. The van der Waals surface area contributed by atoms with Gasteiger partial charge in [0.15, 0.2) is 0 Å². The normalized spacial score (nSPS) is 13.7. The summed E-state index contributed by atoms with van der Waals surface area (Å²) in [5, 5.41) is 21.0. The van der Waals surface area contributed by atoms with Crippen LogP contribution in [0, 0.1) is 11.3 Å². The van der Waals surface area contributed by atoms with E-state index in [1.54, 1.807) is 34.1 Å². The van der Waals surface area contributed by atoms with Gasteiger partial charge in [-0.1, -0.05) is 12.1 Å². The molecule has 2 aromatic rings. The molecule has 2 N–H and O–H groups in total. The Bertz CT molecular complexity index is 848. The number of nitrogens with zero attached hydrogens (tertiary/aromatic N) is 3. The minimum absolute atomic E-state index is 0.104. The first-order valence-electron chi connectivity index (χ1n) is 8.67. The number of carbonyl (C=O) groups excluding carboxylic acids is 2. The predicted octanol–water partition coefficient (Wildman–Crippen LogP) is 1.93. The summed E-state index contributed by atoms with van der Waals surface area (Å²) in [6, 6.07) is 15.1. The van der Waals surface area contributed by atoms with Crippen molar-refractivity contribution in [3.63, 3.8) is 0 Å². The lowest BCUT2D eigenvalue weighted by Crippen LogP contribution is -2.53. The lowest BCUT2D eigenvalue weighted by molar-refractivity contribution is 0.0665. The van der Waals surface area contributed by atoms with Crippen LogP contribution in [-0.2, 0) is 6.54 Å². The molecule has 0 atom stereocenters. The van der Waals surface area contributed by atoms with E-state index in [2.05, 4.69) is 11.4 Å². The van der Waals surface area contributed by atoms with E-state index in [-0.39, 0.29) is 17.7 Å². The highest BCUT2D eigenvalue weighted by molar-refractivity contribution is 5.94. The zero-order valence-electron chi connectivity index (χ0n) is 14.8. The van der Waals surface area contributed by atoms with Crippen molar-refractivity contribution in [3.8, 4) is 11.8 Å². The molecule has 0 unspecified atom stereocenters. The Labute approximate surface area is 157 Å². The van der Waals surface area contributed by atoms with Gasteiger partial charge in [0.1, 0.15) is 5.75 Å². The van der Waals surface area contributed by atoms with Crippen LogP contribution in [0.2, 0.25) is 0 Å². The van der Waals surface area contributed by atoms with Crippen LogP contribution in [0.4, 0.5) is 4.79 Å². The average molecular weight is 364 g/mol. The van der Waals surface area contributed by atoms with Crippen molar-refractivity contribution < 1.29 is 14.7 Å². The summed E-state index contributed by atoms with van der Waals surface area (Å²) < 4.78 is 0. The van der Waals surface area contributed by atoms with E-state index < -0.39 is 0 Å². The molecule has 3 amide bonds. The number of nitriles is 1. The van der Waals surface area contributed by atoms with Crippen LogP contribution < -0.4 is 5.32 Å². The van der Waals surface area contributed by atoms with Crippen molar-refractivity contribution in [2.45, 2.75) is 6.54 Å². The molecule has 0 aliphatic carbocycles. The molecule has 1 heterocycles. The second-order valence-corrected chi connectivity index (χ2v) is 6.29. The lowest BCUT2D eigenvalue weighted by Gasteiger charge is -2.34. The van der Waals surface area contributed by atoms with E-state index in [1.807, 2.05) is 12.1 Å². The Balaban J connectivity index is 1.48. The van der Waals surface area contributed by atoms with Crippen molar-refractivity contribution in [2.75, 3.05) is 26.2 Å². The van der Waals surface area contributed by atoms with Gasteiger partial charge in [-0.25, -0.2) is 4.79 Å². The first-order valence-corrected chi connectivity index (χ1v) is 8.67. The maximum atomic E-state index is 12.5. The molecule has 0 saturated carbocycles. The second kappa shape index (κ2) is 8.23. The minimum atomic E-state index is -0.170. The third-order valence-electron chi connectivity index (χ3n) is 4.50. The van der Waals surface area contributed by atoms with Gasteiger partial charge < -0.3 is 20.2 Å². The Morgan fingerprint density at radius 3 is 2.15 bits per heavy atom. The van der Waals surface area contributed by atoms with Crippen LogP contribution in [0.1, 0.15) is 21.5 Å². The highest BCUT2D eigenvalue weighted by Gasteiger charge is 2.24. The summed E-state index contributed by atoms with van der Waals surface area (Å²) in [5.74, 6) is 0.0166. The molecule has 7 nitrogen and oxygen atoms in total. The van der Waals surface area contributed by atoms with Gasteiger partial charge in [-0.3, -0.25) is 4.79 Å². The lowest BCUT2D eigenvalue weighted by atomic mass is 10.1. The van der Waals surface area contributed by atoms with Gasteiger partial charge in [0.25, 0.3) is 5.91 Å². The van der Waals surface area contributed by atoms with Crippen molar-refractivity contribution in [2.24, 2.45) is 0 Å². The van der Waals surface area contributed by atoms with Gasteiger partial charge in [-0.05, 0) is 42.0 Å². The Morgan fingerprint density at radius 1 is 0.963 bits per heavy atom. The SMILES string of the molecule is N#Cc1ccc(CNC(=O)N2CCN(C(=O)c3ccc(O)cc3)CC2)cc1. The summed E-state index contributed by atoms with van der Waals surface area (Å²) in [6.45, 7) is 2.23. The van der Waals surface area contributed by atoms with E-state index in [0.29, 0.717) is 43.9 Å². The smallest absolute Gasteiger partial charge is 0.317 e. The van der Waals surface area contributed by atoms with Gasteiger partial charge in [-0.2, -0.15) is 5.26 Å². The van der Waals surface area contributed by atoms with Gasteiger partial charge in [0, 0.05) is 38.3 Å². The van der Waals surface area contributed by atoms with Crippen molar-refractivity contribution in [1.29, 1.82) is 5.26 Å². The fourth-order valence-electron chi connectivity index (χ4n) is 2.89. The molecule has 1 fully saturated rings. The third-order valence-corrected chi connectivity index (χ3v) is 4.50. The quantitative estimate of drug-likeness (QED) is 0.870. The molecule has 0 bridgehead atoms. The zero-order valence-corrected chi connectivity index (χ0v) is 14.8. The van der Waals surface area contributed by atoms with E-state index in [0.717, 1.165) is 5.56 Å². The number of phenolic OH excluding ortho intramolecular Hbond substituents is 1. The van der Waals surface area contributed by atoms with Crippen LogP contribution in [-0.4, -0.2) is 53.0 Å². The van der Waals surface area contributed by atoms with Gasteiger partial charge in [0.05, 0.1) is 11.6 Å². The Morgan fingerprint density at radius 2 is 1.56 bits per heavy atom. The minimum Gasteiger partial charge on any atom is -0.508 e. The summed E-state index contributed by atoms with van der Waals surface area (Å²) >= 11 is 0. The van der Waals surface area contributed by atoms with Gasteiger partial charge in [-0.15, -0.1) is 0 Å². The maximum absolute atomic E-state index is 12.5. The molecule has 1 saturated heterocycles. The third kappa shape index (κ3) is 4.55. The zero-order chi connectivity index (χ0) is 19.2.